The Hall–Kier alpha value is -1.18. The Bertz CT molecular complexity index is 530. The first kappa shape index (κ1) is 18.9. The van der Waals surface area contributed by atoms with Gasteiger partial charge in [0.1, 0.15) is 0 Å². The number of hydrogen-bond acceptors (Lipinski definition) is 3. The van der Waals surface area contributed by atoms with Crippen LogP contribution in [0, 0.1) is 5.92 Å². The van der Waals surface area contributed by atoms with E-state index < -0.39 is 0 Å². The van der Waals surface area contributed by atoms with Crippen molar-refractivity contribution in [3.05, 3.63) is 23.8 Å². The van der Waals surface area contributed by atoms with Crippen molar-refractivity contribution in [2.75, 3.05) is 19.9 Å². The summed E-state index contributed by atoms with van der Waals surface area (Å²) in [4.78, 5) is 4.45. The van der Waals surface area contributed by atoms with E-state index in [1.807, 2.05) is 12.1 Å². The summed E-state index contributed by atoms with van der Waals surface area (Å²) in [6, 6.07) is 6.03. The first-order valence-electron chi connectivity index (χ1n) is 7.32. The van der Waals surface area contributed by atoms with E-state index in [1.165, 1.54) is 0 Å². The molecule has 124 valence electrons. The second kappa shape index (κ2) is 7.89. The highest BCUT2D eigenvalue weighted by Gasteiger charge is 2.23. The minimum Gasteiger partial charge on any atom is -0.454 e. The van der Waals surface area contributed by atoms with Gasteiger partial charge in [-0.3, -0.25) is 4.99 Å². The molecule has 22 heavy (non-hydrogen) atoms. The lowest BCUT2D eigenvalue weighted by Gasteiger charge is -2.23. The fraction of sp³-hybridized carbons (Fsp3) is 0.562. The van der Waals surface area contributed by atoms with Gasteiger partial charge in [0.05, 0.1) is 6.54 Å². The topological polar surface area (TPSA) is 68.9 Å². The zero-order valence-corrected chi connectivity index (χ0v) is 16.0. The standard InChI is InChI=1S/C16H25N3O2.HI/c1-11(2)8-18-15(17)19-9-16(3,4)12-5-6-13-14(7-12)21-10-20-13;/h5-7,11H,8-10H2,1-4H3,(H3,17,18,19);1H. The third-order valence-corrected chi connectivity index (χ3v) is 3.49. The summed E-state index contributed by atoms with van der Waals surface area (Å²) in [7, 11) is 0. The van der Waals surface area contributed by atoms with E-state index in [1.54, 1.807) is 0 Å². The van der Waals surface area contributed by atoms with Gasteiger partial charge >= 0.3 is 0 Å². The number of ether oxygens (including phenoxy) is 2. The minimum absolute atomic E-state index is 0. The van der Waals surface area contributed by atoms with E-state index in [2.05, 4.69) is 44.1 Å². The summed E-state index contributed by atoms with van der Waals surface area (Å²) in [6.45, 7) is 10.3. The second-order valence-corrected chi connectivity index (χ2v) is 6.43. The van der Waals surface area contributed by atoms with Gasteiger partial charge in [-0.1, -0.05) is 33.8 Å². The van der Waals surface area contributed by atoms with Crippen LogP contribution in [-0.4, -0.2) is 25.8 Å². The van der Waals surface area contributed by atoms with E-state index in [-0.39, 0.29) is 29.4 Å². The molecule has 6 heteroatoms. The Balaban J connectivity index is 0.00000242. The number of fused-ring (bicyclic) bond motifs is 1. The normalized spacial score (nSPS) is 14.0. The summed E-state index contributed by atoms with van der Waals surface area (Å²) in [5, 5.41) is 3.13. The van der Waals surface area contributed by atoms with Crippen LogP contribution in [0.1, 0.15) is 33.3 Å². The molecule has 1 heterocycles. The van der Waals surface area contributed by atoms with Crippen LogP contribution in [0.4, 0.5) is 0 Å². The lowest BCUT2D eigenvalue weighted by atomic mass is 9.84. The number of aliphatic imine (C=N–C) groups is 1. The molecule has 0 atom stereocenters. The van der Waals surface area contributed by atoms with Gasteiger partial charge in [-0.2, -0.15) is 0 Å². The molecule has 0 radical (unpaired) electrons. The quantitative estimate of drug-likeness (QED) is 0.438. The highest BCUT2D eigenvalue weighted by Crippen LogP contribution is 2.36. The van der Waals surface area contributed by atoms with Crippen molar-refractivity contribution in [3.63, 3.8) is 0 Å². The number of nitrogens with zero attached hydrogens (tertiary/aromatic N) is 1. The molecule has 0 bridgehead atoms. The SMILES string of the molecule is CC(C)CNC(N)=NCC(C)(C)c1ccc2c(c1)OCO2.I. The number of nitrogens with two attached hydrogens (primary N) is 1. The zero-order chi connectivity index (χ0) is 15.5. The minimum atomic E-state index is -0.120. The van der Waals surface area contributed by atoms with Gasteiger partial charge in [-0.05, 0) is 23.6 Å². The lowest BCUT2D eigenvalue weighted by Crippen LogP contribution is -2.35. The molecule has 0 aromatic heterocycles. The molecular weight excluding hydrogens is 393 g/mol. The molecule has 0 saturated carbocycles. The Morgan fingerprint density at radius 1 is 1.32 bits per heavy atom. The Kier molecular flexibility index (Phi) is 6.77. The highest BCUT2D eigenvalue weighted by molar-refractivity contribution is 14.0. The molecule has 1 aromatic rings. The van der Waals surface area contributed by atoms with Crippen LogP contribution in [0.15, 0.2) is 23.2 Å². The van der Waals surface area contributed by atoms with Gasteiger partial charge in [0.15, 0.2) is 17.5 Å². The van der Waals surface area contributed by atoms with Crippen molar-refractivity contribution in [2.24, 2.45) is 16.6 Å². The number of guanidine groups is 1. The van der Waals surface area contributed by atoms with E-state index in [0.29, 0.717) is 25.2 Å². The summed E-state index contributed by atoms with van der Waals surface area (Å²) >= 11 is 0. The summed E-state index contributed by atoms with van der Waals surface area (Å²) < 4.78 is 10.8. The van der Waals surface area contributed by atoms with Crippen LogP contribution in [-0.2, 0) is 5.41 Å². The Morgan fingerprint density at radius 2 is 2.00 bits per heavy atom. The average molecular weight is 419 g/mol. The number of nitrogens with one attached hydrogen (secondary N) is 1. The predicted octanol–water partition coefficient (Wildman–Crippen LogP) is 2.87. The van der Waals surface area contributed by atoms with E-state index in [9.17, 15) is 0 Å². The van der Waals surface area contributed by atoms with Gasteiger partial charge in [-0.25, -0.2) is 0 Å². The van der Waals surface area contributed by atoms with Crippen molar-refractivity contribution in [2.45, 2.75) is 33.1 Å². The van der Waals surface area contributed by atoms with E-state index in [0.717, 1.165) is 23.6 Å². The van der Waals surface area contributed by atoms with Crippen LogP contribution in [0.25, 0.3) is 0 Å². The maximum Gasteiger partial charge on any atom is 0.231 e. The monoisotopic (exact) mass is 419 g/mol. The Labute approximate surface area is 149 Å². The van der Waals surface area contributed by atoms with Gasteiger partial charge in [0.2, 0.25) is 6.79 Å². The van der Waals surface area contributed by atoms with Crippen molar-refractivity contribution < 1.29 is 9.47 Å². The number of benzene rings is 1. The zero-order valence-electron chi connectivity index (χ0n) is 13.7. The fourth-order valence-electron chi connectivity index (χ4n) is 2.06. The van der Waals surface area contributed by atoms with Gasteiger partial charge < -0.3 is 20.5 Å². The molecule has 0 fully saturated rings. The van der Waals surface area contributed by atoms with Crippen molar-refractivity contribution >= 4 is 29.9 Å². The second-order valence-electron chi connectivity index (χ2n) is 6.43. The Morgan fingerprint density at radius 3 is 2.68 bits per heavy atom. The molecule has 1 aromatic carbocycles. The predicted molar refractivity (Wildman–Crippen MR) is 100 cm³/mol. The molecule has 0 saturated heterocycles. The van der Waals surface area contributed by atoms with Crippen LogP contribution >= 0.6 is 24.0 Å². The van der Waals surface area contributed by atoms with E-state index in [4.69, 9.17) is 15.2 Å². The van der Waals surface area contributed by atoms with Crippen molar-refractivity contribution in [3.8, 4) is 11.5 Å². The summed E-state index contributed by atoms with van der Waals surface area (Å²) in [5.41, 5.74) is 6.93. The van der Waals surface area contributed by atoms with Crippen LogP contribution in [0.3, 0.4) is 0 Å². The van der Waals surface area contributed by atoms with Crippen molar-refractivity contribution in [1.82, 2.24) is 5.32 Å². The lowest BCUT2D eigenvalue weighted by molar-refractivity contribution is 0.174. The molecule has 0 spiro atoms. The number of hydrogen-bond donors (Lipinski definition) is 2. The van der Waals surface area contributed by atoms with Gasteiger partial charge in [0, 0.05) is 12.0 Å². The molecule has 1 aliphatic rings. The molecule has 1 aliphatic heterocycles. The van der Waals surface area contributed by atoms with E-state index >= 15 is 0 Å². The first-order chi connectivity index (χ1) is 9.88. The van der Waals surface area contributed by atoms with Crippen LogP contribution < -0.4 is 20.5 Å². The fourth-order valence-corrected chi connectivity index (χ4v) is 2.06. The van der Waals surface area contributed by atoms with Gasteiger partial charge in [0.25, 0.3) is 0 Å². The molecule has 5 nitrogen and oxygen atoms in total. The molecule has 0 aliphatic carbocycles. The molecular formula is C16H26IN3O2. The number of rotatable bonds is 5. The number of halogens is 1. The molecule has 2 rings (SSSR count). The molecule has 0 amide bonds. The summed E-state index contributed by atoms with van der Waals surface area (Å²) in [6.07, 6.45) is 0. The highest BCUT2D eigenvalue weighted by atomic mass is 127. The third-order valence-electron chi connectivity index (χ3n) is 3.49. The van der Waals surface area contributed by atoms with Crippen molar-refractivity contribution in [1.29, 1.82) is 0 Å². The third kappa shape index (κ3) is 4.93. The molecule has 3 N–H and O–H groups in total. The average Bonchev–Trinajstić information content (AvgIpc) is 2.90. The maximum absolute atomic E-state index is 5.89. The largest absolute Gasteiger partial charge is 0.454 e. The first-order valence-corrected chi connectivity index (χ1v) is 7.32. The smallest absolute Gasteiger partial charge is 0.231 e. The van der Waals surface area contributed by atoms with Crippen LogP contribution in [0.2, 0.25) is 0 Å². The maximum atomic E-state index is 5.89. The molecule has 0 unspecified atom stereocenters. The van der Waals surface area contributed by atoms with Crippen LogP contribution in [0.5, 0.6) is 11.5 Å². The van der Waals surface area contributed by atoms with Gasteiger partial charge in [-0.15, -0.1) is 24.0 Å². The summed E-state index contributed by atoms with van der Waals surface area (Å²) in [5.74, 6) is 2.64.